The monoisotopic (exact) mass is 461 g/mol. The van der Waals surface area contributed by atoms with Gasteiger partial charge in [-0.2, -0.15) is 0 Å². The number of halogens is 2. The van der Waals surface area contributed by atoms with Crippen LogP contribution in [0.4, 0.5) is 8.78 Å². The summed E-state index contributed by atoms with van der Waals surface area (Å²) in [5.41, 5.74) is 1.76. The van der Waals surface area contributed by atoms with Gasteiger partial charge in [0.1, 0.15) is 34.6 Å². The zero-order valence-electron chi connectivity index (χ0n) is 17.7. The second-order valence-corrected chi connectivity index (χ2v) is 7.97. The Morgan fingerprint density at radius 3 is 2.71 bits per heavy atom. The van der Waals surface area contributed by atoms with Gasteiger partial charge in [-0.3, -0.25) is 4.79 Å². The van der Waals surface area contributed by atoms with Crippen molar-refractivity contribution in [1.82, 2.24) is 25.1 Å². The minimum atomic E-state index is -0.862. The fourth-order valence-electron chi connectivity index (χ4n) is 4.35. The standard InChI is InChI=1S/C24H17F2N5O3/c25-14-6-3-7-15(26)19(14)22-29-30-23(34-22)24(32)31-10-4-8-16-20(28-12-27-16)21(31)18-11-13-5-1-2-9-17(13)33-18/h1-3,5-7,9,11-12,21H,4,8,10H2,(H,27,28)/t21-/m1/s1. The smallest absolute Gasteiger partial charge is 0.312 e. The number of hydrogen-bond donors (Lipinski definition) is 1. The van der Waals surface area contributed by atoms with Gasteiger partial charge in [-0.25, -0.2) is 13.8 Å². The highest BCUT2D eigenvalue weighted by Gasteiger charge is 2.37. The highest BCUT2D eigenvalue weighted by molar-refractivity contribution is 5.90. The zero-order valence-corrected chi connectivity index (χ0v) is 17.7. The molecule has 1 aliphatic heterocycles. The first kappa shape index (κ1) is 20.3. The van der Waals surface area contributed by atoms with Crippen molar-refractivity contribution in [2.75, 3.05) is 6.54 Å². The Morgan fingerprint density at radius 1 is 1.06 bits per heavy atom. The van der Waals surface area contributed by atoms with Gasteiger partial charge in [-0.15, -0.1) is 10.2 Å². The van der Waals surface area contributed by atoms with Crippen molar-refractivity contribution >= 4 is 16.9 Å². The van der Waals surface area contributed by atoms with Crippen molar-refractivity contribution in [3.8, 4) is 11.5 Å². The van der Waals surface area contributed by atoms with Crippen LogP contribution in [0, 0.1) is 11.6 Å². The van der Waals surface area contributed by atoms with Crippen LogP contribution in [0.5, 0.6) is 0 Å². The van der Waals surface area contributed by atoms with E-state index in [2.05, 4.69) is 20.2 Å². The lowest BCUT2D eigenvalue weighted by atomic mass is 10.1. The number of H-pyrrole nitrogens is 1. The fraction of sp³-hybridized carbons (Fsp3) is 0.167. The number of nitrogens with zero attached hydrogens (tertiary/aromatic N) is 4. The second-order valence-electron chi connectivity index (χ2n) is 7.97. The van der Waals surface area contributed by atoms with E-state index in [-0.39, 0.29) is 5.89 Å². The number of nitrogens with one attached hydrogen (secondary N) is 1. The predicted octanol–water partition coefficient (Wildman–Crippen LogP) is 4.66. The molecule has 0 unspecified atom stereocenters. The number of imidazole rings is 1. The third kappa shape index (κ3) is 3.26. The number of carbonyl (C=O) groups excluding carboxylic acids is 1. The number of fused-ring (bicyclic) bond motifs is 2. The molecular formula is C24H17F2N5O3. The van der Waals surface area contributed by atoms with E-state index in [0.717, 1.165) is 23.2 Å². The minimum absolute atomic E-state index is 0.358. The maximum atomic E-state index is 14.2. The van der Waals surface area contributed by atoms with Crippen molar-refractivity contribution in [1.29, 1.82) is 0 Å². The van der Waals surface area contributed by atoms with Gasteiger partial charge < -0.3 is 18.7 Å². The molecule has 170 valence electrons. The van der Waals surface area contributed by atoms with Crippen molar-refractivity contribution in [2.24, 2.45) is 0 Å². The predicted molar refractivity (Wildman–Crippen MR) is 116 cm³/mol. The molecule has 8 nitrogen and oxygen atoms in total. The summed E-state index contributed by atoms with van der Waals surface area (Å²) in [5, 5.41) is 8.41. The third-order valence-electron chi connectivity index (χ3n) is 5.91. The lowest BCUT2D eigenvalue weighted by molar-refractivity contribution is 0.0651. The van der Waals surface area contributed by atoms with Crippen LogP contribution in [-0.4, -0.2) is 37.5 Å². The molecular weight excluding hydrogens is 444 g/mol. The molecule has 0 fully saturated rings. The van der Waals surface area contributed by atoms with Gasteiger partial charge in [-0.05, 0) is 37.1 Å². The summed E-state index contributed by atoms with van der Waals surface area (Å²) in [6, 6.07) is 12.2. The number of aromatic nitrogens is 4. The van der Waals surface area contributed by atoms with Gasteiger partial charge in [-0.1, -0.05) is 24.3 Å². The van der Waals surface area contributed by atoms with E-state index < -0.39 is 35.0 Å². The number of aromatic amines is 1. The highest BCUT2D eigenvalue weighted by Crippen LogP contribution is 2.36. The van der Waals surface area contributed by atoms with Gasteiger partial charge in [0.25, 0.3) is 5.89 Å². The van der Waals surface area contributed by atoms with Crippen molar-refractivity contribution in [3.05, 3.63) is 89.5 Å². The average Bonchev–Trinajstić information content (AvgIpc) is 3.56. The molecule has 0 bridgehead atoms. The first-order valence-electron chi connectivity index (χ1n) is 10.7. The van der Waals surface area contributed by atoms with E-state index in [9.17, 15) is 13.6 Å². The number of rotatable bonds is 3. The van der Waals surface area contributed by atoms with Gasteiger partial charge in [0, 0.05) is 17.6 Å². The molecule has 0 saturated heterocycles. The highest BCUT2D eigenvalue weighted by atomic mass is 19.1. The largest absolute Gasteiger partial charge is 0.458 e. The number of para-hydroxylation sites is 1. The molecule has 34 heavy (non-hydrogen) atoms. The van der Waals surface area contributed by atoms with E-state index >= 15 is 0 Å². The van der Waals surface area contributed by atoms with Crippen LogP contribution >= 0.6 is 0 Å². The van der Waals surface area contributed by atoms with E-state index in [0.29, 0.717) is 36.4 Å². The molecule has 0 spiro atoms. The summed E-state index contributed by atoms with van der Waals surface area (Å²) in [5.74, 6) is -2.56. The SMILES string of the molecule is O=C(c1nnc(-c2c(F)cccc2F)o1)N1CCCc2[nH]cnc2[C@H]1c1cc2ccccc2o1. The Bertz CT molecular complexity index is 1470. The molecule has 1 aliphatic rings. The van der Waals surface area contributed by atoms with E-state index in [4.69, 9.17) is 8.83 Å². The molecule has 3 aromatic heterocycles. The number of benzene rings is 2. The molecule has 10 heteroatoms. The summed E-state index contributed by atoms with van der Waals surface area (Å²) in [4.78, 5) is 22.7. The molecule has 1 atom stereocenters. The van der Waals surface area contributed by atoms with E-state index in [1.54, 1.807) is 11.2 Å². The van der Waals surface area contributed by atoms with Crippen LogP contribution in [-0.2, 0) is 6.42 Å². The Hall–Kier alpha value is -4.34. The summed E-state index contributed by atoms with van der Waals surface area (Å²) < 4.78 is 39.9. The molecule has 1 N–H and O–H groups in total. The van der Waals surface area contributed by atoms with Gasteiger partial charge in [0.2, 0.25) is 0 Å². The van der Waals surface area contributed by atoms with Crippen molar-refractivity contribution in [2.45, 2.75) is 18.9 Å². The number of amides is 1. The molecule has 2 aromatic carbocycles. The average molecular weight is 461 g/mol. The zero-order chi connectivity index (χ0) is 23.2. The first-order chi connectivity index (χ1) is 16.6. The molecule has 1 amide bonds. The summed E-state index contributed by atoms with van der Waals surface area (Å²) in [7, 11) is 0. The maximum absolute atomic E-state index is 14.2. The second kappa shape index (κ2) is 7.91. The number of furan rings is 1. The molecule has 4 heterocycles. The minimum Gasteiger partial charge on any atom is -0.458 e. The van der Waals surface area contributed by atoms with Crippen LogP contribution in [0.15, 0.2) is 63.7 Å². The Balaban J connectivity index is 1.42. The Kier molecular flexibility index (Phi) is 4.72. The number of aryl methyl sites for hydroxylation is 1. The number of carbonyl (C=O) groups is 1. The molecule has 0 aliphatic carbocycles. The summed E-state index contributed by atoms with van der Waals surface area (Å²) >= 11 is 0. The van der Waals surface area contributed by atoms with Crippen LogP contribution < -0.4 is 0 Å². The maximum Gasteiger partial charge on any atom is 0.312 e. The Morgan fingerprint density at radius 2 is 1.88 bits per heavy atom. The molecule has 6 rings (SSSR count). The Labute approximate surface area is 191 Å². The van der Waals surface area contributed by atoms with Crippen LogP contribution in [0.1, 0.15) is 40.3 Å². The lowest BCUT2D eigenvalue weighted by Crippen LogP contribution is -2.36. The van der Waals surface area contributed by atoms with Crippen LogP contribution in [0.25, 0.3) is 22.4 Å². The number of hydrogen-bond acceptors (Lipinski definition) is 6. The topological polar surface area (TPSA) is 101 Å². The van der Waals surface area contributed by atoms with Gasteiger partial charge >= 0.3 is 11.8 Å². The van der Waals surface area contributed by atoms with Crippen molar-refractivity contribution in [3.63, 3.8) is 0 Å². The molecule has 5 aromatic rings. The normalized spacial score (nSPS) is 15.9. The third-order valence-corrected chi connectivity index (χ3v) is 5.91. The van der Waals surface area contributed by atoms with Crippen LogP contribution in [0.3, 0.4) is 0 Å². The molecule has 0 radical (unpaired) electrons. The summed E-state index contributed by atoms with van der Waals surface area (Å²) in [6.45, 7) is 0.358. The van der Waals surface area contributed by atoms with Gasteiger partial charge in [0.05, 0.1) is 12.0 Å². The fourth-order valence-corrected chi connectivity index (χ4v) is 4.35. The van der Waals surface area contributed by atoms with Crippen LogP contribution in [0.2, 0.25) is 0 Å². The van der Waals surface area contributed by atoms with E-state index in [1.165, 1.54) is 6.07 Å². The van der Waals surface area contributed by atoms with Gasteiger partial charge in [0.15, 0.2) is 0 Å². The quantitative estimate of drug-likeness (QED) is 0.419. The van der Waals surface area contributed by atoms with E-state index in [1.807, 2.05) is 30.3 Å². The summed E-state index contributed by atoms with van der Waals surface area (Å²) in [6.07, 6.45) is 2.92. The molecule has 0 saturated carbocycles. The van der Waals surface area contributed by atoms with Crippen molar-refractivity contribution < 1.29 is 22.4 Å². The lowest BCUT2D eigenvalue weighted by Gasteiger charge is -2.26. The first-order valence-corrected chi connectivity index (χ1v) is 10.7.